The second-order valence-electron chi connectivity index (χ2n) is 9.23. The van der Waals surface area contributed by atoms with Gasteiger partial charge in [0, 0.05) is 5.56 Å². The summed E-state index contributed by atoms with van der Waals surface area (Å²) in [6, 6.07) is 25.7. The van der Waals surface area contributed by atoms with Gasteiger partial charge in [-0.25, -0.2) is 4.79 Å². The monoisotopic (exact) mass is 480 g/mol. The third kappa shape index (κ3) is 4.50. The highest BCUT2D eigenvalue weighted by Gasteiger charge is 2.47. The van der Waals surface area contributed by atoms with Gasteiger partial charge >= 0.3 is 6.09 Å². The van der Waals surface area contributed by atoms with E-state index < -0.39 is 12.2 Å². The zero-order valence-electron chi connectivity index (χ0n) is 20.3. The molecule has 0 aliphatic heterocycles. The molecule has 1 atom stereocenters. The van der Waals surface area contributed by atoms with Crippen molar-refractivity contribution in [1.29, 1.82) is 0 Å². The van der Waals surface area contributed by atoms with Crippen LogP contribution in [0.4, 0.5) is 10.5 Å². The SMILES string of the molecule is C=C(O)C1(c2ccc(-c3ccc(-c4noc(C)c4NC(=O)O[C@H](C)c4ccccc4)cc3)cc2)CC1. The molecule has 1 saturated carbocycles. The van der Waals surface area contributed by atoms with Gasteiger partial charge in [0.2, 0.25) is 0 Å². The Morgan fingerprint density at radius 3 is 2.17 bits per heavy atom. The van der Waals surface area contributed by atoms with Gasteiger partial charge in [-0.05, 0) is 48.9 Å². The fraction of sp³-hybridized carbons (Fsp3) is 0.200. The van der Waals surface area contributed by atoms with Crippen molar-refractivity contribution in [2.45, 2.75) is 38.2 Å². The van der Waals surface area contributed by atoms with Crippen LogP contribution < -0.4 is 5.32 Å². The first-order chi connectivity index (χ1) is 17.4. The maximum Gasteiger partial charge on any atom is 0.412 e. The van der Waals surface area contributed by atoms with Crippen LogP contribution in [0.15, 0.2) is 95.7 Å². The summed E-state index contributed by atoms with van der Waals surface area (Å²) >= 11 is 0. The van der Waals surface area contributed by atoms with Crippen molar-refractivity contribution >= 4 is 11.8 Å². The lowest BCUT2D eigenvalue weighted by Crippen LogP contribution is -2.16. The van der Waals surface area contributed by atoms with E-state index in [2.05, 4.69) is 41.3 Å². The minimum Gasteiger partial charge on any atom is -0.512 e. The fourth-order valence-corrected chi connectivity index (χ4v) is 4.47. The molecule has 1 amide bonds. The first-order valence-corrected chi connectivity index (χ1v) is 12.0. The van der Waals surface area contributed by atoms with Crippen molar-refractivity contribution in [3.05, 3.63) is 108 Å². The van der Waals surface area contributed by atoms with E-state index in [1.807, 2.05) is 61.5 Å². The average molecular weight is 481 g/mol. The van der Waals surface area contributed by atoms with E-state index in [0.717, 1.165) is 40.7 Å². The van der Waals surface area contributed by atoms with Gasteiger partial charge < -0.3 is 14.4 Å². The number of aliphatic hydroxyl groups is 1. The minimum atomic E-state index is -0.574. The van der Waals surface area contributed by atoms with E-state index in [0.29, 0.717) is 17.1 Å². The van der Waals surface area contributed by atoms with Crippen molar-refractivity contribution < 1.29 is 19.2 Å². The number of hydrogen-bond acceptors (Lipinski definition) is 5. The van der Waals surface area contributed by atoms with Crippen LogP contribution in [0.25, 0.3) is 22.4 Å². The van der Waals surface area contributed by atoms with Crippen molar-refractivity contribution in [1.82, 2.24) is 5.16 Å². The third-order valence-corrected chi connectivity index (χ3v) is 6.87. The van der Waals surface area contributed by atoms with Crippen molar-refractivity contribution in [2.24, 2.45) is 0 Å². The number of carbonyl (C=O) groups excluding carboxylic acids is 1. The molecule has 4 aromatic rings. The predicted molar refractivity (Wildman–Crippen MR) is 140 cm³/mol. The molecule has 6 heteroatoms. The Morgan fingerprint density at radius 1 is 1.00 bits per heavy atom. The van der Waals surface area contributed by atoms with Gasteiger partial charge in [0.1, 0.15) is 17.5 Å². The zero-order chi connectivity index (χ0) is 25.3. The Labute approximate surface area is 210 Å². The summed E-state index contributed by atoms with van der Waals surface area (Å²) in [5.74, 6) is 0.735. The number of benzene rings is 3. The van der Waals surface area contributed by atoms with E-state index in [1.54, 1.807) is 6.92 Å². The lowest BCUT2D eigenvalue weighted by molar-refractivity contribution is 0.121. The van der Waals surface area contributed by atoms with E-state index in [1.165, 1.54) is 0 Å². The van der Waals surface area contributed by atoms with Crippen molar-refractivity contribution in [3.8, 4) is 22.4 Å². The summed E-state index contributed by atoms with van der Waals surface area (Å²) in [5, 5.41) is 16.9. The van der Waals surface area contributed by atoms with E-state index in [4.69, 9.17) is 9.26 Å². The molecule has 0 unspecified atom stereocenters. The summed E-state index contributed by atoms with van der Waals surface area (Å²) in [6.07, 6.45) is 0.894. The van der Waals surface area contributed by atoms with Gasteiger partial charge in [-0.1, -0.05) is 90.6 Å². The molecule has 3 aromatic carbocycles. The van der Waals surface area contributed by atoms with Crippen LogP contribution in [0, 0.1) is 6.92 Å². The number of anilines is 1. The summed E-state index contributed by atoms with van der Waals surface area (Å²) in [7, 11) is 0. The second-order valence-corrected chi connectivity index (χ2v) is 9.23. The number of nitrogens with one attached hydrogen (secondary N) is 1. The number of hydrogen-bond donors (Lipinski definition) is 2. The lowest BCUT2D eigenvalue weighted by atomic mass is 9.92. The number of carbonyl (C=O) groups is 1. The Bertz CT molecular complexity index is 1390. The number of aryl methyl sites for hydroxylation is 1. The topological polar surface area (TPSA) is 84.6 Å². The molecule has 36 heavy (non-hydrogen) atoms. The quantitative estimate of drug-likeness (QED) is 0.264. The molecule has 6 nitrogen and oxygen atoms in total. The molecule has 0 saturated heterocycles. The van der Waals surface area contributed by atoms with Crippen LogP contribution in [0.5, 0.6) is 0 Å². The van der Waals surface area contributed by atoms with Crippen LogP contribution in [0.2, 0.25) is 0 Å². The number of aliphatic hydroxyl groups excluding tert-OH is 1. The highest BCUT2D eigenvalue weighted by Crippen LogP contribution is 2.52. The van der Waals surface area contributed by atoms with Crippen LogP contribution >= 0.6 is 0 Å². The summed E-state index contributed by atoms with van der Waals surface area (Å²) < 4.78 is 10.9. The summed E-state index contributed by atoms with van der Waals surface area (Å²) in [6.45, 7) is 7.32. The number of ether oxygens (including phenoxy) is 1. The van der Waals surface area contributed by atoms with E-state index in [-0.39, 0.29) is 11.2 Å². The average Bonchev–Trinajstić information content (AvgIpc) is 3.64. The van der Waals surface area contributed by atoms with Gasteiger partial charge in [-0.3, -0.25) is 5.32 Å². The van der Waals surface area contributed by atoms with E-state index in [9.17, 15) is 9.90 Å². The first kappa shape index (κ1) is 23.4. The smallest absolute Gasteiger partial charge is 0.412 e. The maximum absolute atomic E-state index is 12.6. The van der Waals surface area contributed by atoms with Gasteiger partial charge in [0.05, 0.1) is 11.2 Å². The molecule has 182 valence electrons. The highest BCUT2D eigenvalue weighted by molar-refractivity contribution is 5.91. The molecule has 0 bridgehead atoms. The molecule has 0 radical (unpaired) electrons. The Hall–Kier alpha value is -4.32. The predicted octanol–water partition coefficient (Wildman–Crippen LogP) is 7.73. The zero-order valence-corrected chi connectivity index (χ0v) is 20.3. The molecular formula is C30H28N2O4. The third-order valence-electron chi connectivity index (χ3n) is 6.87. The van der Waals surface area contributed by atoms with Crippen LogP contribution in [0.3, 0.4) is 0 Å². The number of allylic oxidation sites excluding steroid dienone is 1. The summed E-state index contributed by atoms with van der Waals surface area (Å²) in [5.41, 5.74) is 5.68. The van der Waals surface area contributed by atoms with Crippen LogP contribution in [-0.4, -0.2) is 16.4 Å². The number of aromatic nitrogens is 1. The molecular weight excluding hydrogens is 452 g/mol. The van der Waals surface area contributed by atoms with Crippen LogP contribution in [0.1, 0.15) is 42.8 Å². The lowest BCUT2D eigenvalue weighted by Gasteiger charge is -2.15. The number of nitrogens with zero attached hydrogens (tertiary/aromatic N) is 1. The largest absolute Gasteiger partial charge is 0.512 e. The molecule has 1 fully saturated rings. The fourth-order valence-electron chi connectivity index (χ4n) is 4.47. The molecule has 1 heterocycles. The van der Waals surface area contributed by atoms with Crippen molar-refractivity contribution in [2.75, 3.05) is 5.32 Å². The normalized spacial score (nSPS) is 14.6. The minimum absolute atomic E-state index is 0.241. The van der Waals surface area contributed by atoms with Gasteiger partial charge in [0.15, 0.2) is 5.76 Å². The number of amides is 1. The molecule has 1 aliphatic rings. The maximum atomic E-state index is 12.6. The molecule has 1 aromatic heterocycles. The van der Waals surface area contributed by atoms with Crippen molar-refractivity contribution in [3.63, 3.8) is 0 Å². The van der Waals surface area contributed by atoms with Gasteiger partial charge in [0.25, 0.3) is 0 Å². The van der Waals surface area contributed by atoms with Gasteiger partial charge in [-0.2, -0.15) is 0 Å². The Morgan fingerprint density at radius 2 is 1.58 bits per heavy atom. The second kappa shape index (κ2) is 9.38. The molecule has 1 aliphatic carbocycles. The highest BCUT2D eigenvalue weighted by atomic mass is 16.6. The molecule has 0 spiro atoms. The van der Waals surface area contributed by atoms with E-state index >= 15 is 0 Å². The standard InChI is InChI=1S/C30H28N2O4/c1-19(22-7-5-4-6-8-22)35-29(34)31-27-20(2)36-32-28(27)25-11-9-23(10-12-25)24-13-15-26(16-14-24)30(17-18-30)21(3)33/h4-16,19,33H,3,17-18H2,1-2H3,(H,31,34)/t19-/m1/s1. The molecule has 5 rings (SSSR count). The number of rotatable bonds is 7. The van der Waals surface area contributed by atoms with Gasteiger partial charge in [-0.15, -0.1) is 0 Å². The Balaban J connectivity index is 1.30. The first-order valence-electron chi connectivity index (χ1n) is 12.0. The van der Waals surface area contributed by atoms with Crippen LogP contribution in [-0.2, 0) is 10.2 Å². The molecule has 2 N–H and O–H groups in total. The summed E-state index contributed by atoms with van der Waals surface area (Å²) in [4.78, 5) is 12.6. The Kier molecular flexibility index (Phi) is 6.10.